The molecule has 0 aromatic carbocycles. The number of aromatic nitrogens is 1. The molecule has 1 radical (unpaired) electrons. The van der Waals surface area contributed by atoms with Gasteiger partial charge in [0.25, 0.3) is 0 Å². The van der Waals surface area contributed by atoms with Gasteiger partial charge in [0.15, 0.2) is 0 Å². The van der Waals surface area contributed by atoms with Gasteiger partial charge in [-0.2, -0.15) is 0 Å². The van der Waals surface area contributed by atoms with Crippen LogP contribution in [0.25, 0.3) is 0 Å². The van der Waals surface area contributed by atoms with E-state index in [0.29, 0.717) is 0 Å². The summed E-state index contributed by atoms with van der Waals surface area (Å²) >= 11 is 0. The molecule has 0 unspecified atom stereocenters. The zero-order valence-corrected chi connectivity index (χ0v) is 7.18. The quantitative estimate of drug-likeness (QED) is 0.561. The Balaban J connectivity index is 0.000000354. The van der Waals surface area contributed by atoms with Crippen molar-refractivity contribution in [1.29, 1.82) is 0 Å². The van der Waals surface area contributed by atoms with Crippen LogP contribution < -0.4 is 4.90 Å². The minimum absolute atomic E-state index is 0. The Hall–Kier alpha value is -1.07. The number of pyridine rings is 1. The average molecular weight is 167 g/mol. The van der Waals surface area contributed by atoms with Crippen LogP contribution in [0.4, 0.5) is 5.82 Å². The van der Waals surface area contributed by atoms with E-state index in [1.165, 1.54) is 0 Å². The van der Waals surface area contributed by atoms with Crippen LogP contribution in [0.1, 0.15) is 0 Å². The highest BCUT2D eigenvalue weighted by Crippen LogP contribution is 2.02. The maximum absolute atomic E-state index is 7.00. The maximum Gasteiger partial charge on any atom is 0.482 e. The summed E-state index contributed by atoms with van der Waals surface area (Å²) in [7, 11) is 3.95. The van der Waals surface area contributed by atoms with E-state index in [9.17, 15) is 0 Å². The summed E-state index contributed by atoms with van der Waals surface area (Å²) in [5.41, 5.74) is 0. The summed E-state index contributed by atoms with van der Waals surface area (Å²) in [5.74, 6) is 0.998. The predicted molar refractivity (Wildman–Crippen MR) is 48.8 cm³/mol. The zero-order chi connectivity index (χ0) is 9.40. The van der Waals surface area contributed by atoms with E-state index in [0.717, 1.165) is 5.82 Å². The lowest BCUT2D eigenvalue weighted by Gasteiger charge is -2.08. The third-order valence-electron chi connectivity index (χ3n) is 1.11. The molecule has 4 nitrogen and oxygen atoms in total. The van der Waals surface area contributed by atoms with Crippen molar-refractivity contribution in [3.8, 4) is 0 Å². The molecule has 5 heteroatoms. The highest BCUT2D eigenvalue weighted by atomic mass is 16.4. The Morgan fingerprint density at radius 2 is 1.92 bits per heavy atom. The monoisotopic (exact) mass is 167 g/mol. The van der Waals surface area contributed by atoms with Gasteiger partial charge in [0.05, 0.1) is 0 Å². The van der Waals surface area contributed by atoms with Crippen molar-refractivity contribution in [3.05, 3.63) is 24.4 Å². The van der Waals surface area contributed by atoms with Crippen LogP contribution in [0.2, 0.25) is 0 Å². The lowest BCUT2D eigenvalue weighted by Crippen LogP contribution is -2.09. The first-order valence-corrected chi connectivity index (χ1v) is 3.40. The van der Waals surface area contributed by atoms with E-state index < -0.39 is 0 Å². The molecule has 65 valence electrons. The molecule has 2 N–H and O–H groups in total. The van der Waals surface area contributed by atoms with Gasteiger partial charge in [0.2, 0.25) is 0 Å². The average Bonchev–Trinajstić information content (AvgIpc) is 2.07. The minimum Gasteiger partial charge on any atom is -0.429 e. The number of hydrogen-bond donors (Lipinski definition) is 2. The summed E-state index contributed by atoms with van der Waals surface area (Å²) in [4.78, 5) is 6.08. The minimum atomic E-state index is 0. The van der Waals surface area contributed by atoms with Gasteiger partial charge in [-0.15, -0.1) is 0 Å². The first-order valence-electron chi connectivity index (χ1n) is 3.40. The fourth-order valence-corrected chi connectivity index (χ4v) is 0.618. The molecule has 0 atom stereocenters. The van der Waals surface area contributed by atoms with E-state index in [2.05, 4.69) is 4.98 Å². The van der Waals surface area contributed by atoms with Crippen LogP contribution in [-0.2, 0) is 0 Å². The van der Waals surface area contributed by atoms with Crippen molar-refractivity contribution in [2.24, 2.45) is 0 Å². The molecule has 0 spiro atoms. The van der Waals surface area contributed by atoms with Crippen LogP contribution in [0.5, 0.6) is 0 Å². The first kappa shape index (κ1) is 10.9. The van der Waals surface area contributed by atoms with Crippen LogP contribution in [0.15, 0.2) is 24.4 Å². The Morgan fingerprint density at radius 1 is 1.33 bits per heavy atom. The SMILES string of the molecule is CN(C)c1ccccn1.O[B]O. The van der Waals surface area contributed by atoms with Crippen molar-refractivity contribution >= 4 is 13.5 Å². The summed E-state index contributed by atoms with van der Waals surface area (Å²) in [5, 5.41) is 14.0. The number of anilines is 1. The van der Waals surface area contributed by atoms with E-state index in [1.54, 1.807) is 6.20 Å². The van der Waals surface area contributed by atoms with E-state index in [1.807, 2.05) is 37.2 Å². The molecule has 1 heterocycles. The molecule has 1 aromatic heterocycles. The van der Waals surface area contributed by atoms with Crippen molar-refractivity contribution in [3.63, 3.8) is 0 Å². The van der Waals surface area contributed by atoms with Crippen molar-refractivity contribution in [1.82, 2.24) is 4.98 Å². The molecule has 0 bridgehead atoms. The smallest absolute Gasteiger partial charge is 0.429 e. The fraction of sp³-hybridized carbons (Fsp3) is 0.286. The molecule has 0 fully saturated rings. The Labute approximate surface area is 72.8 Å². The van der Waals surface area contributed by atoms with Gasteiger partial charge in [-0.3, -0.25) is 0 Å². The number of rotatable bonds is 1. The Morgan fingerprint density at radius 3 is 2.17 bits per heavy atom. The van der Waals surface area contributed by atoms with Gasteiger partial charge in [-0.05, 0) is 12.1 Å². The molecule has 0 aliphatic carbocycles. The maximum atomic E-state index is 7.00. The summed E-state index contributed by atoms with van der Waals surface area (Å²) < 4.78 is 0. The summed E-state index contributed by atoms with van der Waals surface area (Å²) in [6, 6.07) is 5.86. The molecule has 1 rings (SSSR count). The molecule has 0 amide bonds. The van der Waals surface area contributed by atoms with Crippen LogP contribution in [0, 0.1) is 0 Å². The summed E-state index contributed by atoms with van der Waals surface area (Å²) in [6.45, 7) is 0. The van der Waals surface area contributed by atoms with E-state index >= 15 is 0 Å². The molecular weight excluding hydrogens is 155 g/mol. The zero-order valence-electron chi connectivity index (χ0n) is 7.18. The number of nitrogens with zero attached hydrogens (tertiary/aromatic N) is 2. The molecule has 0 saturated heterocycles. The van der Waals surface area contributed by atoms with Gasteiger partial charge < -0.3 is 14.9 Å². The molecule has 12 heavy (non-hydrogen) atoms. The third kappa shape index (κ3) is 4.70. The molecular formula is C7H12BN2O2. The highest BCUT2D eigenvalue weighted by Gasteiger charge is 1.89. The first-order chi connectivity index (χ1) is 5.72. The van der Waals surface area contributed by atoms with Crippen LogP contribution in [-0.4, -0.2) is 36.8 Å². The van der Waals surface area contributed by atoms with E-state index in [-0.39, 0.29) is 7.69 Å². The molecule has 1 aromatic rings. The molecule has 0 aliphatic heterocycles. The van der Waals surface area contributed by atoms with Gasteiger partial charge in [0, 0.05) is 20.3 Å². The predicted octanol–water partition coefficient (Wildman–Crippen LogP) is -0.347. The topological polar surface area (TPSA) is 56.6 Å². The summed E-state index contributed by atoms with van der Waals surface area (Å²) in [6.07, 6.45) is 1.79. The second-order valence-electron chi connectivity index (χ2n) is 2.20. The second-order valence-corrected chi connectivity index (χ2v) is 2.20. The number of hydrogen-bond acceptors (Lipinski definition) is 4. The third-order valence-corrected chi connectivity index (χ3v) is 1.11. The van der Waals surface area contributed by atoms with Crippen molar-refractivity contribution in [2.45, 2.75) is 0 Å². The lowest BCUT2D eigenvalue weighted by atomic mass is 10.4. The van der Waals surface area contributed by atoms with Gasteiger partial charge in [-0.1, -0.05) is 6.07 Å². The Bertz CT molecular complexity index is 194. The van der Waals surface area contributed by atoms with Crippen molar-refractivity contribution < 1.29 is 10.0 Å². The lowest BCUT2D eigenvalue weighted by molar-refractivity contribution is 0.448. The molecule has 0 aliphatic rings. The standard InChI is InChI=1S/C7H10N2.BH2O2/c1-9(2)7-5-3-4-6-8-7;2-1-3/h3-6H,1-2H3;2-3H. The molecule has 0 saturated carbocycles. The normalized spacial score (nSPS) is 8.00. The van der Waals surface area contributed by atoms with Gasteiger partial charge in [0.1, 0.15) is 5.82 Å². The van der Waals surface area contributed by atoms with E-state index in [4.69, 9.17) is 10.0 Å². The Kier molecular flexibility index (Phi) is 6.04. The fourth-order valence-electron chi connectivity index (χ4n) is 0.618. The highest BCUT2D eigenvalue weighted by molar-refractivity contribution is 6.13. The van der Waals surface area contributed by atoms with Gasteiger partial charge >= 0.3 is 7.69 Å². The van der Waals surface area contributed by atoms with Crippen LogP contribution >= 0.6 is 0 Å². The largest absolute Gasteiger partial charge is 0.482 e. The second kappa shape index (κ2) is 6.63. The van der Waals surface area contributed by atoms with Crippen LogP contribution in [0.3, 0.4) is 0 Å². The van der Waals surface area contributed by atoms with Gasteiger partial charge in [-0.25, -0.2) is 4.98 Å². The van der Waals surface area contributed by atoms with Crippen molar-refractivity contribution in [2.75, 3.05) is 19.0 Å².